The average Bonchev–Trinajstić information content (AvgIpc) is 2.18. The molecule has 0 N–H and O–H groups in total. The van der Waals surface area contributed by atoms with Crippen molar-refractivity contribution >= 4 is 15.9 Å². The summed E-state index contributed by atoms with van der Waals surface area (Å²) in [5, 5.41) is 0.827. The van der Waals surface area contributed by atoms with Crippen LogP contribution < -0.4 is 4.74 Å². The molecule has 0 amide bonds. The van der Waals surface area contributed by atoms with E-state index in [1.807, 2.05) is 6.92 Å². The standard InChI is InChI=1S/C12H12BrFO/c1-2-15-12-8-10(5-3-4-6-13)7-11(14)9-12/h7-9H,2,4,6H2,1H3. The molecule has 0 aliphatic heterocycles. The van der Waals surface area contributed by atoms with Crippen LogP contribution in [0.25, 0.3) is 0 Å². The molecule has 0 radical (unpaired) electrons. The molecule has 0 heterocycles. The Hall–Kier alpha value is -1.01. The Kier molecular flexibility index (Phi) is 5.20. The smallest absolute Gasteiger partial charge is 0.128 e. The van der Waals surface area contributed by atoms with E-state index in [1.54, 1.807) is 6.07 Å². The van der Waals surface area contributed by atoms with E-state index < -0.39 is 0 Å². The van der Waals surface area contributed by atoms with Crippen molar-refractivity contribution in [2.24, 2.45) is 0 Å². The van der Waals surface area contributed by atoms with Gasteiger partial charge in [-0.1, -0.05) is 27.8 Å². The lowest BCUT2D eigenvalue weighted by Gasteiger charge is -2.03. The van der Waals surface area contributed by atoms with E-state index in [0.717, 1.165) is 11.8 Å². The molecule has 1 rings (SSSR count). The van der Waals surface area contributed by atoms with Crippen LogP contribution in [0.5, 0.6) is 5.75 Å². The Bertz CT molecular complexity index is 379. The van der Waals surface area contributed by atoms with Gasteiger partial charge < -0.3 is 4.74 Å². The van der Waals surface area contributed by atoms with Crippen LogP contribution >= 0.6 is 15.9 Å². The van der Waals surface area contributed by atoms with Gasteiger partial charge >= 0.3 is 0 Å². The normalized spacial score (nSPS) is 9.27. The minimum absolute atomic E-state index is 0.316. The Labute approximate surface area is 97.8 Å². The van der Waals surface area contributed by atoms with Crippen molar-refractivity contribution in [3.05, 3.63) is 29.6 Å². The first kappa shape index (κ1) is 12.1. The molecule has 0 aliphatic carbocycles. The molecule has 1 nitrogen and oxygen atoms in total. The zero-order valence-electron chi connectivity index (χ0n) is 8.52. The fourth-order valence-electron chi connectivity index (χ4n) is 1.10. The second-order valence-electron chi connectivity index (χ2n) is 2.85. The lowest BCUT2D eigenvalue weighted by molar-refractivity contribution is 0.338. The Morgan fingerprint density at radius 2 is 2.20 bits per heavy atom. The molecule has 15 heavy (non-hydrogen) atoms. The van der Waals surface area contributed by atoms with Crippen molar-refractivity contribution in [1.29, 1.82) is 0 Å². The minimum atomic E-state index is -0.316. The number of alkyl halides is 1. The van der Waals surface area contributed by atoms with Crippen molar-refractivity contribution in [2.75, 3.05) is 11.9 Å². The quantitative estimate of drug-likeness (QED) is 0.605. The predicted octanol–water partition coefficient (Wildman–Crippen LogP) is 3.36. The van der Waals surface area contributed by atoms with Crippen LogP contribution in [0, 0.1) is 17.7 Å². The molecule has 0 saturated heterocycles. The SMILES string of the molecule is CCOc1cc(F)cc(C#CCCBr)c1. The summed E-state index contributed by atoms with van der Waals surface area (Å²) in [5.74, 6) is 6.03. The monoisotopic (exact) mass is 270 g/mol. The lowest BCUT2D eigenvalue weighted by atomic mass is 10.2. The van der Waals surface area contributed by atoms with E-state index in [9.17, 15) is 4.39 Å². The highest BCUT2D eigenvalue weighted by atomic mass is 79.9. The van der Waals surface area contributed by atoms with Gasteiger partial charge in [0.25, 0.3) is 0 Å². The van der Waals surface area contributed by atoms with Crippen LogP contribution in [0.2, 0.25) is 0 Å². The topological polar surface area (TPSA) is 9.23 Å². The molecule has 0 spiro atoms. The average molecular weight is 271 g/mol. The van der Waals surface area contributed by atoms with Crippen molar-refractivity contribution in [3.8, 4) is 17.6 Å². The van der Waals surface area contributed by atoms with Crippen LogP contribution in [-0.4, -0.2) is 11.9 Å². The van der Waals surface area contributed by atoms with Crippen molar-refractivity contribution in [2.45, 2.75) is 13.3 Å². The number of benzene rings is 1. The molecule has 0 bridgehead atoms. The Morgan fingerprint density at radius 1 is 1.40 bits per heavy atom. The number of ether oxygens (including phenoxy) is 1. The zero-order chi connectivity index (χ0) is 11.1. The van der Waals surface area contributed by atoms with Crippen molar-refractivity contribution in [1.82, 2.24) is 0 Å². The van der Waals surface area contributed by atoms with E-state index in [0.29, 0.717) is 17.9 Å². The highest BCUT2D eigenvalue weighted by Crippen LogP contribution is 2.15. The summed E-state index contributed by atoms with van der Waals surface area (Å²) in [6.45, 7) is 2.39. The maximum Gasteiger partial charge on any atom is 0.128 e. The largest absolute Gasteiger partial charge is 0.494 e. The lowest BCUT2D eigenvalue weighted by Crippen LogP contribution is -1.92. The second-order valence-corrected chi connectivity index (χ2v) is 3.64. The third-order valence-corrected chi connectivity index (χ3v) is 2.03. The van der Waals surface area contributed by atoms with Gasteiger partial charge in [-0.05, 0) is 19.1 Å². The number of hydrogen-bond donors (Lipinski definition) is 0. The summed E-state index contributed by atoms with van der Waals surface area (Å²) in [7, 11) is 0. The summed E-state index contributed by atoms with van der Waals surface area (Å²) in [5.41, 5.74) is 0.652. The molecule has 0 unspecified atom stereocenters. The first-order chi connectivity index (χ1) is 7.26. The molecule has 3 heteroatoms. The van der Waals surface area contributed by atoms with E-state index in [1.165, 1.54) is 12.1 Å². The number of halogens is 2. The molecule has 0 atom stereocenters. The van der Waals surface area contributed by atoms with Gasteiger partial charge in [0.15, 0.2) is 0 Å². The Morgan fingerprint density at radius 3 is 2.87 bits per heavy atom. The molecule has 0 fully saturated rings. The van der Waals surface area contributed by atoms with Crippen LogP contribution in [0.15, 0.2) is 18.2 Å². The van der Waals surface area contributed by atoms with Crippen molar-refractivity contribution < 1.29 is 9.13 Å². The molecule has 0 aromatic heterocycles. The maximum absolute atomic E-state index is 13.1. The fourth-order valence-corrected chi connectivity index (χ4v) is 1.29. The first-order valence-electron chi connectivity index (χ1n) is 4.74. The van der Waals surface area contributed by atoms with Gasteiger partial charge in [-0.15, -0.1) is 0 Å². The number of hydrogen-bond acceptors (Lipinski definition) is 1. The first-order valence-corrected chi connectivity index (χ1v) is 5.86. The van der Waals surface area contributed by atoms with Gasteiger partial charge in [-0.25, -0.2) is 4.39 Å². The molecule has 1 aromatic rings. The maximum atomic E-state index is 13.1. The molecule has 0 aliphatic rings. The summed E-state index contributed by atoms with van der Waals surface area (Å²) in [4.78, 5) is 0. The van der Waals surface area contributed by atoms with E-state index in [4.69, 9.17) is 4.74 Å². The molecular formula is C12H12BrFO. The third-order valence-electron chi connectivity index (χ3n) is 1.63. The Balaban J connectivity index is 2.85. The fraction of sp³-hybridized carbons (Fsp3) is 0.333. The summed E-state index contributed by atoms with van der Waals surface area (Å²) in [6.07, 6.45) is 0.750. The van der Waals surface area contributed by atoms with Gasteiger partial charge in [-0.3, -0.25) is 0 Å². The van der Waals surface area contributed by atoms with E-state index in [-0.39, 0.29) is 5.82 Å². The van der Waals surface area contributed by atoms with Gasteiger partial charge in [0.2, 0.25) is 0 Å². The van der Waals surface area contributed by atoms with Gasteiger partial charge in [0, 0.05) is 23.4 Å². The van der Waals surface area contributed by atoms with Crippen LogP contribution in [-0.2, 0) is 0 Å². The van der Waals surface area contributed by atoms with Gasteiger partial charge in [-0.2, -0.15) is 0 Å². The minimum Gasteiger partial charge on any atom is -0.494 e. The highest BCUT2D eigenvalue weighted by molar-refractivity contribution is 9.09. The van der Waals surface area contributed by atoms with Gasteiger partial charge in [0.05, 0.1) is 6.61 Å². The van der Waals surface area contributed by atoms with Crippen LogP contribution in [0.3, 0.4) is 0 Å². The van der Waals surface area contributed by atoms with Crippen LogP contribution in [0.1, 0.15) is 18.9 Å². The summed E-state index contributed by atoms with van der Waals surface area (Å²) < 4.78 is 18.3. The molecule has 0 saturated carbocycles. The summed E-state index contributed by atoms with van der Waals surface area (Å²) in [6, 6.07) is 4.51. The molecule has 80 valence electrons. The van der Waals surface area contributed by atoms with Crippen LogP contribution in [0.4, 0.5) is 4.39 Å². The highest BCUT2D eigenvalue weighted by Gasteiger charge is 1.98. The molecule has 1 aromatic carbocycles. The predicted molar refractivity (Wildman–Crippen MR) is 62.9 cm³/mol. The van der Waals surface area contributed by atoms with Gasteiger partial charge in [0.1, 0.15) is 11.6 Å². The number of rotatable bonds is 3. The summed E-state index contributed by atoms with van der Waals surface area (Å²) >= 11 is 3.28. The van der Waals surface area contributed by atoms with E-state index >= 15 is 0 Å². The van der Waals surface area contributed by atoms with Crippen molar-refractivity contribution in [3.63, 3.8) is 0 Å². The molecular weight excluding hydrogens is 259 g/mol. The zero-order valence-corrected chi connectivity index (χ0v) is 10.1. The third kappa shape index (κ3) is 4.35. The van der Waals surface area contributed by atoms with E-state index in [2.05, 4.69) is 27.8 Å². The second kappa shape index (κ2) is 6.47.